The molecule has 0 fully saturated rings. The van der Waals surface area contributed by atoms with E-state index in [-0.39, 0.29) is 11.7 Å². The van der Waals surface area contributed by atoms with Crippen molar-refractivity contribution in [3.63, 3.8) is 0 Å². The van der Waals surface area contributed by atoms with Crippen LogP contribution >= 0.6 is 0 Å². The maximum Gasteiger partial charge on any atom is 0.293 e. The number of hydrogen-bond donors (Lipinski definition) is 1. The van der Waals surface area contributed by atoms with Gasteiger partial charge in [0, 0.05) is 18.4 Å². The molecular formula is C19H18N2O3. The molecule has 3 aromatic rings. The summed E-state index contributed by atoms with van der Waals surface area (Å²) in [5.41, 5.74) is 7.93. The lowest BCUT2D eigenvalue weighted by Crippen LogP contribution is -2.25. The summed E-state index contributed by atoms with van der Waals surface area (Å²) in [6.07, 6.45) is 0. The number of nitrogens with zero attached hydrogens (tertiary/aromatic N) is 1. The molecule has 3 rings (SSSR count). The first-order valence-corrected chi connectivity index (χ1v) is 7.47. The Kier molecular flexibility index (Phi) is 4.24. The topological polar surface area (TPSA) is 68.7 Å². The Balaban J connectivity index is 1.91. The van der Waals surface area contributed by atoms with Crippen LogP contribution in [0.25, 0.3) is 11.3 Å². The molecule has 1 aromatic heterocycles. The third kappa shape index (κ3) is 2.96. The smallest absolute Gasteiger partial charge is 0.293 e. The lowest BCUT2D eigenvalue weighted by molar-refractivity contribution is 0.0967. The Bertz CT molecular complexity index is 856. The lowest BCUT2D eigenvalue weighted by Gasteiger charge is -2.15. The molecule has 0 spiro atoms. The van der Waals surface area contributed by atoms with Gasteiger partial charge in [0.15, 0.2) is 5.76 Å². The Labute approximate surface area is 140 Å². The van der Waals surface area contributed by atoms with Crippen LogP contribution in [0.3, 0.4) is 0 Å². The zero-order valence-corrected chi connectivity index (χ0v) is 13.5. The number of carbonyl (C=O) groups is 1. The quantitative estimate of drug-likeness (QED) is 0.742. The summed E-state index contributed by atoms with van der Waals surface area (Å²) in [7, 11) is 3.29. The van der Waals surface area contributed by atoms with Gasteiger partial charge < -0.3 is 19.8 Å². The molecule has 5 nitrogen and oxygen atoms in total. The summed E-state index contributed by atoms with van der Waals surface area (Å²) >= 11 is 0. The standard InChI is InChI=1S/C19H18N2O3/c1-21(14-6-4-3-5-7-14)19(22)18-11-10-17(24-18)15-12-13(20)8-9-16(15)23-2/h3-12H,20H2,1-2H3. The van der Waals surface area contributed by atoms with Crippen LogP contribution in [0.1, 0.15) is 10.6 Å². The average molecular weight is 322 g/mol. The summed E-state index contributed by atoms with van der Waals surface area (Å²) < 4.78 is 11.1. The number of rotatable bonds is 4. The van der Waals surface area contributed by atoms with Crippen molar-refractivity contribution in [1.82, 2.24) is 0 Å². The summed E-state index contributed by atoms with van der Waals surface area (Å²) in [6.45, 7) is 0. The molecule has 0 aliphatic carbocycles. The minimum atomic E-state index is -0.227. The molecule has 2 N–H and O–H groups in total. The van der Waals surface area contributed by atoms with Gasteiger partial charge >= 0.3 is 0 Å². The van der Waals surface area contributed by atoms with Gasteiger partial charge in [-0.1, -0.05) is 18.2 Å². The zero-order chi connectivity index (χ0) is 17.1. The molecule has 0 bridgehead atoms. The van der Waals surface area contributed by atoms with Crippen molar-refractivity contribution in [3.8, 4) is 17.1 Å². The summed E-state index contributed by atoms with van der Waals surface area (Å²) in [4.78, 5) is 14.1. The van der Waals surface area contributed by atoms with Crippen LogP contribution in [0.5, 0.6) is 5.75 Å². The SMILES string of the molecule is COc1ccc(N)cc1-c1ccc(C(=O)N(C)c2ccccc2)o1. The Morgan fingerprint density at radius 2 is 1.83 bits per heavy atom. The van der Waals surface area contributed by atoms with E-state index in [1.807, 2.05) is 30.3 Å². The van der Waals surface area contributed by atoms with E-state index in [1.54, 1.807) is 49.4 Å². The van der Waals surface area contributed by atoms with E-state index in [9.17, 15) is 4.79 Å². The van der Waals surface area contributed by atoms with E-state index < -0.39 is 0 Å². The van der Waals surface area contributed by atoms with Crippen LogP contribution in [-0.2, 0) is 0 Å². The molecule has 0 unspecified atom stereocenters. The second kappa shape index (κ2) is 6.50. The first kappa shape index (κ1) is 15.7. The van der Waals surface area contributed by atoms with Gasteiger partial charge in [0.2, 0.25) is 0 Å². The van der Waals surface area contributed by atoms with Gasteiger partial charge in [-0.3, -0.25) is 4.79 Å². The average Bonchev–Trinajstić information content (AvgIpc) is 3.11. The third-order valence-electron chi connectivity index (χ3n) is 3.75. The molecule has 5 heteroatoms. The molecule has 0 saturated carbocycles. The second-order valence-electron chi connectivity index (χ2n) is 5.32. The highest BCUT2D eigenvalue weighted by molar-refractivity contribution is 6.04. The summed E-state index contributed by atoms with van der Waals surface area (Å²) in [5.74, 6) is 1.19. The second-order valence-corrected chi connectivity index (χ2v) is 5.32. The monoisotopic (exact) mass is 322 g/mol. The molecule has 1 heterocycles. The fourth-order valence-corrected chi connectivity index (χ4v) is 2.45. The van der Waals surface area contributed by atoms with Crippen molar-refractivity contribution in [1.29, 1.82) is 0 Å². The first-order valence-electron chi connectivity index (χ1n) is 7.47. The molecule has 24 heavy (non-hydrogen) atoms. The number of nitrogens with two attached hydrogens (primary N) is 1. The van der Waals surface area contributed by atoms with Crippen molar-refractivity contribution in [2.75, 3.05) is 24.8 Å². The fourth-order valence-electron chi connectivity index (χ4n) is 2.45. The van der Waals surface area contributed by atoms with Crippen molar-refractivity contribution < 1.29 is 13.9 Å². The van der Waals surface area contributed by atoms with Gasteiger partial charge in [0.05, 0.1) is 12.7 Å². The number of hydrogen-bond acceptors (Lipinski definition) is 4. The number of furan rings is 1. The minimum absolute atomic E-state index is 0.227. The highest BCUT2D eigenvalue weighted by Gasteiger charge is 2.19. The van der Waals surface area contributed by atoms with Gasteiger partial charge in [-0.2, -0.15) is 0 Å². The predicted molar refractivity (Wildman–Crippen MR) is 94.3 cm³/mol. The number of methoxy groups -OCH3 is 1. The predicted octanol–water partition coefficient (Wildman–Crippen LogP) is 3.81. The molecule has 0 saturated heterocycles. The number of carbonyl (C=O) groups excluding carboxylic acids is 1. The highest BCUT2D eigenvalue weighted by Crippen LogP contribution is 2.33. The van der Waals surface area contributed by atoms with Crippen LogP contribution in [-0.4, -0.2) is 20.1 Å². The number of amides is 1. The molecule has 122 valence electrons. The van der Waals surface area contributed by atoms with Crippen LogP contribution in [0.2, 0.25) is 0 Å². The molecule has 1 amide bonds. The summed E-state index contributed by atoms with van der Waals surface area (Å²) in [6, 6.07) is 18.1. The lowest BCUT2D eigenvalue weighted by atomic mass is 10.1. The van der Waals surface area contributed by atoms with E-state index in [2.05, 4.69) is 0 Å². The number of para-hydroxylation sites is 1. The molecular weight excluding hydrogens is 304 g/mol. The van der Waals surface area contributed by atoms with Gasteiger partial charge in [-0.15, -0.1) is 0 Å². The van der Waals surface area contributed by atoms with E-state index in [4.69, 9.17) is 14.9 Å². The molecule has 0 aliphatic rings. The fraction of sp³-hybridized carbons (Fsp3) is 0.105. The van der Waals surface area contributed by atoms with Gasteiger partial charge in [-0.05, 0) is 42.5 Å². The number of ether oxygens (including phenoxy) is 1. The first-order chi connectivity index (χ1) is 11.6. The maximum atomic E-state index is 12.6. The van der Waals surface area contributed by atoms with Crippen LogP contribution in [0.4, 0.5) is 11.4 Å². The van der Waals surface area contributed by atoms with Crippen LogP contribution in [0, 0.1) is 0 Å². The maximum absolute atomic E-state index is 12.6. The third-order valence-corrected chi connectivity index (χ3v) is 3.75. The van der Waals surface area contributed by atoms with Crippen molar-refractivity contribution >= 4 is 17.3 Å². The van der Waals surface area contributed by atoms with Gasteiger partial charge in [-0.25, -0.2) is 0 Å². The molecule has 0 radical (unpaired) electrons. The normalized spacial score (nSPS) is 10.4. The molecule has 2 aromatic carbocycles. The van der Waals surface area contributed by atoms with Crippen molar-refractivity contribution in [2.45, 2.75) is 0 Å². The zero-order valence-electron chi connectivity index (χ0n) is 13.5. The van der Waals surface area contributed by atoms with Gasteiger partial charge in [0.1, 0.15) is 11.5 Å². The number of nitrogen functional groups attached to an aromatic ring is 1. The largest absolute Gasteiger partial charge is 0.496 e. The molecule has 0 aliphatic heterocycles. The van der Waals surface area contributed by atoms with E-state index in [1.165, 1.54) is 0 Å². The Morgan fingerprint density at radius 3 is 2.54 bits per heavy atom. The van der Waals surface area contributed by atoms with E-state index in [0.29, 0.717) is 22.8 Å². The van der Waals surface area contributed by atoms with Crippen LogP contribution < -0.4 is 15.4 Å². The van der Waals surface area contributed by atoms with Gasteiger partial charge in [0.25, 0.3) is 5.91 Å². The molecule has 0 atom stereocenters. The highest BCUT2D eigenvalue weighted by atomic mass is 16.5. The van der Waals surface area contributed by atoms with Crippen molar-refractivity contribution in [3.05, 3.63) is 66.4 Å². The van der Waals surface area contributed by atoms with E-state index >= 15 is 0 Å². The Morgan fingerprint density at radius 1 is 1.08 bits per heavy atom. The number of benzene rings is 2. The number of anilines is 2. The Hall–Kier alpha value is -3.21. The minimum Gasteiger partial charge on any atom is -0.496 e. The van der Waals surface area contributed by atoms with Crippen molar-refractivity contribution in [2.24, 2.45) is 0 Å². The van der Waals surface area contributed by atoms with E-state index in [0.717, 1.165) is 5.69 Å². The summed E-state index contributed by atoms with van der Waals surface area (Å²) in [5, 5.41) is 0. The van der Waals surface area contributed by atoms with Crippen LogP contribution in [0.15, 0.2) is 65.1 Å².